The summed E-state index contributed by atoms with van der Waals surface area (Å²) in [5.41, 5.74) is 11.5. The van der Waals surface area contributed by atoms with Gasteiger partial charge in [-0.05, 0) is 29.7 Å². The first-order valence-corrected chi connectivity index (χ1v) is 10.5. The van der Waals surface area contributed by atoms with Gasteiger partial charge < -0.3 is 10.5 Å². The van der Waals surface area contributed by atoms with Crippen LogP contribution in [-0.2, 0) is 20.7 Å². The number of anilines is 1. The molecule has 1 heterocycles. The van der Waals surface area contributed by atoms with E-state index in [1.807, 2.05) is 24.3 Å². The van der Waals surface area contributed by atoms with Gasteiger partial charge in [-0.1, -0.05) is 59.3 Å². The van der Waals surface area contributed by atoms with Crippen LogP contribution in [0, 0.1) is 11.8 Å². The van der Waals surface area contributed by atoms with Gasteiger partial charge in [-0.2, -0.15) is 0 Å². The summed E-state index contributed by atoms with van der Waals surface area (Å²) in [4.78, 5) is 24.5. The van der Waals surface area contributed by atoms with Crippen LogP contribution in [0.1, 0.15) is 36.0 Å². The Bertz CT molecular complexity index is 1040. The number of amides is 1. The number of benzene rings is 2. The molecule has 0 aromatic heterocycles. The molecule has 31 heavy (non-hydrogen) atoms. The fourth-order valence-corrected chi connectivity index (χ4v) is 4.40. The Hall–Kier alpha value is -2.72. The van der Waals surface area contributed by atoms with Gasteiger partial charge in [0.15, 0.2) is 0 Å². The summed E-state index contributed by atoms with van der Waals surface area (Å²) < 4.78 is 5.01. The number of rotatable bonds is 4. The molecule has 0 fully saturated rings. The third kappa shape index (κ3) is 5.13. The lowest BCUT2D eigenvalue weighted by Gasteiger charge is -2.41. The number of fused-ring (bicyclic) bond motifs is 1. The molecule has 0 bridgehead atoms. The van der Waals surface area contributed by atoms with Crippen LogP contribution in [0.15, 0.2) is 36.4 Å². The molecule has 1 amide bonds. The van der Waals surface area contributed by atoms with E-state index in [0.717, 1.165) is 16.7 Å². The second-order valence-electron chi connectivity index (χ2n) is 7.16. The molecule has 3 N–H and O–H groups in total. The molecular formula is C23H23Cl2N3O3. The summed E-state index contributed by atoms with van der Waals surface area (Å²) in [6.07, 6.45) is 0.976. The van der Waals surface area contributed by atoms with Gasteiger partial charge in [0.25, 0.3) is 0 Å². The Morgan fingerprint density at radius 1 is 1.23 bits per heavy atom. The zero-order valence-electron chi connectivity index (χ0n) is 17.2. The quantitative estimate of drug-likeness (QED) is 0.540. The van der Waals surface area contributed by atoms with Crippen molar-refractivity contribution in [2.45, 2.75) is 31.7 Å². The zero-order valence-corrected chi connectivity index (χ0v) is 18.8. The Kier molecular flexibility index (Phi) is 7.45. The molecule has 0 saturated heterocycles. The Morgan fingerprint density at radius 3 is 2.55 bits per heavy atom. The first kappa shape index (κ1) is 23.0. The van der Waals surface area contributed by atoms with Gasteiger partial charge in [0.1, 0.15) is 6.04 Å². The highest BCUT2D eigenvalue weighted by Gasteiger charge is 2.40. The molecule has 2 atom stereocenters. The highest BCUT2D eigenvalue weighted by atomic mass is 35.5. The highest BCUT2D eigenvalue weighted by Crippen LogP contribution is 2.46. The minimum atomic E-state index is -0.740. The van der Waals surface area contributed by atoms with Crippen molar-refractivity contribution in [2.75, 3.05) is 18.7 Å². The third-order valence-corrected chi connectivity index (χ3v) is 5.63. The molecule has 0 aliphatic carbocycles. The van der Waals surface area contributed by atoms with E-state index in [-0.39, 0.29) is 11.8 Å². The second-order valence-corrected chi connectivity index (χ2v) is 8.01. The van der Waals surface area contributed by atoms with Gasteiger partial charge in [0.2, 0.25) is 5.91 Å². The minimum absolute atomic E-state index is 0.196. The number of methoxy groups -OCH3 is 1. The van der Waals surface area contributed by atoms with Gasteiger partial charge >= 0.3 is 5.97 Å². The Balaban J connectivity index is 2.08. The van der Waals surface area contributed by atoms with Gasteiger partial charge in [-0.15, -0.1) is 0 Å². The van der Waals surface area contributed by atoms with Crippen LogP contribution in [-0.4, -0.2) is 31.6 Å². The molecular weight excluding hydrogens is 437 g/mol. The third-order valence-electron chi connectivity index (χ3n) is 5.10. The Labute approximate surface area is 191 Å². The topological polar surface area (TPSA) is 84.7 Å². The van der Waals surface area contributed by atoms with Crippen LogP contribution in [0.5, 0.6) is 0 Å². The monoisotopic (exact) mass is 459 g/mol. The lowest BCUT2D eigenvalue weighted by atomic mass is 9.81. The number of carbonyl (C=O) groups excluding carboxylic acids is 2. The van der Waals surface area contributed by atoms with Crippen molar-refractivity contribution in [3.05, 3.63) is 63.1 Å². The van der Waals surface area contributed by atoms with Crippen molar-refractivity contribution in [3.63, 3.8) is 0 Å². The van der Waals surface area contributed by atoms with Crippen molar-refractivity contribution in [1.29, 1.82) is 0 Å². The van der Waals surface area contributed by atoms with E-state index in [4.69, 9.17) is 33.7 Å². The van der Waals surface area contributed by atoms with E-state index < -0.39 is 12.0 Å². The van der Waals surface area contributed by atoms with Crippen LogP contribution in [0.3, 0.4) is 0 Å². The molecule has 3 rings (SSSR count). The van der Waals surface area contributed by atoms with Gasteiger partial charge in [0.05, 0.1) is 19.3 Å². The van der Waals surface area contributed by atoms with E-state index in [1.165, 1.54) is 19.0 Å². The number of halogens is 2. The van der Waals surface area contributed by atoms with Crippen molar-refractivity contribution >= 4 is 40.8 Å². The normalized spacial score (nSPS) is 17.3. The number of nitrogens with one attached hydrogen (secondary N) is 1. The lowest BCUT2D eigenvalue weighted by Crippen LogP contribution is -2.55. The fourth-order valence-electron chi connectivity index (χ4n) is 3.78. The molecule has 1 aliphatic heterocycles. The number of hydrazine groups is 1. The van der Waals surface area contributed by atoms with Crippen LogP contribution in [0.4, 0.5) is 5.69 Å². The Morgan fingerprint density at radius 2 is 1.94 bits per heavy atom. The lowest BCUT2D eigenvalue weighted by molar-refractivity contribution is -0.142. The maximum atomic E-state index is 12.6. The number of nitrogens with two attached hydrogens (primary N) is 1. The molecule has 2 aromatic carbocycles. The molecule has 0 spiro atoms. The average Bonchev–Trinajstić information content (AvgIpc) is 2.74. The summed E-state index contributed by atoms with van der Waals surface area (Å²) in [5, 5.41) is 2.36. The van der Waals surface area contributed by atoms with Crippen molar-refractivity contribution < 1.29 is 14.3 Å². The van der Waals surface area contributed by atoms with E-state index in [2.05, 4.69) is 17.3 Å². The van der Waals surface area contributed by atoms with Crippen molar-refractivity contribution in [3.8, 4) is 11.8 Å². The van der Waals surface area contributed by atoms with Crippen LogP contribution in [0.2, 0.25) is 10.0 Å². The molecule has 0 radical (unpaired) electrons. The molecule has 0 unspecified atom stereocenters. The maximum Gasteiger partial charge on any atom is 0.330 e. The zero-order chi connectivity index (χ0) is 22.5. The van der Waals surface area contributed by atoms with Crippen molar-refractivity contribution in [1.82, 2.24) is 5.43 Å². The molecule has 2 aromatic rings. The number of hydrogen-bond donors (Lipinski definition) is 2. The number of esters is 1. The molecule has 162 valence electrons. The average molecular weight is 460 g/mol. The van der Waals surface area contributed by atoms with Gasteiger partial charge in [0, 0.05) is 34.9 Å². The summed E-state index contributed by atoms with van der Waals surface area (Å²) in [7, 11) is 1.32. The molecule has 1 aliphatic rings. The van der Waals surface area contributed by atoms with E-state index in [0.29, 0.717) is 35.1 Å². The summed E-state index contributed by atoms with van der Waals surface area (Å²) >= 11 is 12.9. The van der Waals surface area contributed by atoms with E-state index in [1.54, 1.807) is 12.1 Å². The molecule has 0 saturated carbocycles. The maximum absolute atomic E-state index is 12.6. The number of ether oxygens (including phenoxy) is 1. The van der Waals surface area contributed by atoms with Gasteiger partial charge in [-0.25, -0.2) is 4.79 Å². The number of carbonyl (C=O) groups is 2. The van der Waals surface area contributed by atoms with E-state index in [9.17, 15) is 9.59 Å². The van der Waals surface area contributed by atoms with Crippen LogP contribution >= 0.6 is 23.2 Å². The fraction of sp³-hybridized carbons (Fsp3) is 0.304. The predicted octanol–water partition coefficient (Wildman–Crippen LogP) is 3.43. The molecule has 6 nitrogen and oxygen atoms in total. The summed E-state index contributed by atoms with van der Waals surface area (Å²) in [6.45, 7) is 1.70. The molecule has 8 heteroatoms. The largest absolute Gasteiger partial charge is 0.467 e. The standard InChI is InChI=1S/C23H23Cl2N3O3/c1-14(29)27-28-20-12-17(24)11-19(25)22(20)18(13-21(28)23(30)31-2)16-8-6-15(7-9-16)5-3-4-10-26/h6-9,11-12,18,21H,5,10,13,26H2,1-2H3,(H,27,29)/t18-,21-/m0/s1. The highest BCUT2D eigenvalue weighted by molar-refractivity contribution is 6.35. The smallest absolute Gasteiger partial charge is 0.330 e. The second kappa shape index (κ2) is 10.1. The number of nitrogens with zero attached hydrogens (tertiary/aromatic N) is 1. The van der Waals surface area contributed by atoms with Crippen molar-refractivity contribution in [2.24, 2.45) is 5.73 Å². The number of hydrogen-bond acceptors (Lipinski definition) is 5. The van der Waals surface area contributed by atoms with Crippen LogP contribution < -0.4 is 16.2 Å². The SMILES string of the molecule is COC(=O)[C@@H]1C[C@@H](c2ccc(CC#CCN)cc2)c2c(Cl)cc(Cl)cc2N1NC(C)=O. The first-order chi connectivity index (χ1) is 14.8. The van der Waals surface area contributed by atoms with Gasteiger partial charge in [-0.3, -0.25) is 15.2 Å². The van der Waals surface area contributed by atoms with Crippen LogP contribution in [0.25, 0.3) is 0 Å². The summed E-state index contributed by atoms with van der Waals surface area (Å²) in [6, 6.07) is 10.6. The minimum Gasteiger partial charge on any atom is -0.467 e. The summed E-state index contributed by atoms with van der Waals surface area (Å²) in [5.74, 6) is 4.89. The predicted molar refractivity (Wildman–Crippen MR) is 122 cm³/mol. The van der Waals surface area contributed by atoms with E-state index >= 15 is 0 Å². The first-order valence-electron chi connectivity index (χ1n) is 9.73.